The Morgan fingerprint density at radius 3 is 2.95 bits per heavy atom. The van der Waals surface area contributed by atoms with E-state index in [0.717, 1.165) is 15.9 Å². The lowest BCUT2D eigenvalue weighted by Gasteiger charge is -2.09. The molecule has 0 amide bonds. The van der Waals surface area contributed by atoms with E-state index < -0.39 is 5.97 Å². The van der Waals surface area contributed by atoms with Crippen LogP contribution in [0.15, 0.2) is 34.0 Å². The van der Waals surface area contributed by atoms with Crippen LogP contribution >= 0.6 is 27.7 Å². The van der Waals surface area contributed by atoms with Crippen LogP contribution in [0.2, 0.25) is 0 Å². The molecule has 1 aromatic heterocycles. The molecule has 2 rings (SSSR count). The first kappa shape index (κ1) is 14.9. The number of benzene rings is 1. The Balaban J connectivity index is 2.39. The first-order chi connectivity index (χ1) is 9.51. The Morgan fingerprint density at radius 1 is 1.55 bits per heavy atom. The van der Waals surface area contributed by atoms with Crippen LogP contribution in [0.25, 0.3) is 5.69 Å². The highest BCUT2D eigenvalue weighted by atomic mass is 79.9. The van der Waals surface area contributed by atoms with Crippen LogP contribution in [0.4, 0.5) is 0 Å². The first-order valence-corrected chi connectivity index (χ1v) is 7.53. The van der Waals surface area contributed by atoms with Crippen molar-refractivity contribution in [3.63, 3.8) is 0 Å². The number of halogens is 1. The van der Waals surface area contributed by atoms with Gasteiger partial charge in [-0.05, 0) is 35.0 Å². The van der Waals surface area contributed by atoms with E-state index in [1.54, 1.807) is 7.11 Å². The molecule has 1 aromatic carbocycles. The predicted molar refractivity (Wildman–Crippen MR) is 80.9 cm³/mol. The van der Waals surface area contributed by atoms with Crippen molar-refractivity contribution in [2.75, 3.05) is 12.9 Å². The summed E-state index contributed by atoms with van der Waals surface area (Å²) in [6.07, 6.45) is 1.87. The molecule has 0 aliphatic carbocycles. The van der Waals surface area contributed by atoms with E-state index in [4.69, 9.17) is 9.84 Å². The first-order valence-electron chi connectivity index (χ1n) is 5.75. The van der Waals surface area contributed by atoms with Gasteiger partial charge in [0, 0.05) is 12.3 Å². The summed E-state index contributed by atoms with van der Waals surface area (Å²) in [5.41, 5.74) is 1.71. The molecule has 106 valence electrons. The smallest absolute Gasteiger partial charge is 0.313 e. The molecule has 0 fully saturated rings. The molecule has 0 aliphatic rings. The van der Waals surface area contributed by atoms with E-state index in [0.29, 0.717) is 10.9 Å². The number of methoxy groups -OCH3 is 1. The third-order valence-corrected chi connectivity index (χ3v) is 4.12. The Hall–Kier alpha value is -1.47. The lowest BCUT2D eigenvalue weighted by Crippen LogP contribution is -2.01. The van der Waals surface area contributed by atoms with Crippen molar-refractivity contribution in [3.05, 3.63) is 34.6 Å². The van der Waals surface area contributed by atoms with E-state index >= 15 is 0 Å². The Labute approximate surface area is 129 Å². The molecule has 2 aromatic rings. The molecule has 0 bridgehead atoms. The maximum absolute atomic E-state index is 10.7. The van der Waals surface area contributed by atoms with Gasteiger partial charge in [0.1, 0.15) is 5.75 Å². The third kappa shape index (κ3) is 3.34. The number of imidazole rings is 1. The SMILES string of the molecule is COc1cc(-n2cc(C)nc2SCC(=O)O)ccc1Br. The van der Waals surface area contributed by atoms with Crippen molar-refractivity contribution < 1.29 is 14.6 Å². The predicted octanol–water partition coefficient (Wildman–Crippen LogP) is 3.13. The number of carbonyl (C=O) groups is 1. The van der Waals surface area contributed by atoms with Crippen LogP contribution in [-0.2, 0) is 4.79 Å². The summed E-state index contributed by atoms with van der Waals surface area (Å²) < 4.78 is 7.99. The van der Waals surface area contributed by atoms with Crippen molar-refractivity contribution in [1.29, 1.82) is 0 Å². The van der Waals surface area contributed by atoms with Crippen LogP contribution < -0.4 is 4.74 Å². The normalized spacial score (nSPS) is 10.6. The zero-order valence-electron chi connectivity index (χ0n) is 11.0. The largest absolute Gasteiger partial charge is 0.495 e. The number of aromatic nitrogens is 2. The van der Waals surface area contributed by atoms with E-state index in [9.17, 15) is 4.79 Å². The van der Waals surface area contributed by atoms with Crippen molar-refractivity contribution in [3.8, 4) is 11.4 Å². The molecule has 0 atom stereocenters. The van der Waals surface area contributed by atoms with Gasteiger partial charge in [-0.1, -0.05) is 11.8 Å². The number of nitrogens with zero attached hydrogens (tertiary/aromatic N) is 2. The number of thioether (sulfide) groups is 1. The lowest BCUT2D eigenvalue weighted by atomic mass is 10.3. The molecule has 7 heteroatoms. The monoisotopic (exact) mass is 356 g/mol. The fourth-order valence-corrected chi connectivity index (χ4v) is 2.85. The maximum Gasteiger partial charge on any atom is 0.313 e. The zero-order valence-corrected chi connectivity index (χ0v) is 13.4. The van der Waals surface area contributed by atoms with Crippen LogP contribution in [0.3, 0.4) is 0 Å². The number of hydrogen-bond acceptors (Lipinski definition) is 4. The van der Waals surface area contributed by atoms with E-state index in [-0.39, 0.29) is 5.75 Å². The van der Waals surface area contributed by atoms with Crippen LogP contribution in [0.1, 0.15) is 5.69 Å². The van der Waals surface area contributed by atoms with Crippen molar-refractivity contribution >= 4 is 33.7 Å². The number of aliphatic carboxylic acids is 1. The Bertz CT molecular complexity index is 643. The molecular weight excluding hydrogens is 344 g/mol. The van der Waals surface area contributed by atoms with Crippen LogP contribution in [0, 0.1) is 6.92 Å². The van der Waals surface area contributed by atoms with Gasteiger partial charge in [0.2, 0.25) is 0 Å². The zero-order chi connectivity index (χ0) is 14.7. The Morgan fingerprint density at radius 2 is 2.30 bits per heavy atom. The van der Waals surface area contributed by atoms with Crippen molar-refractivity contribution in [2.45, 2.75) is 12.1 Å². The number of hydrogen-bond donors (Lipinski definition) is 1. The minimum atomic E-state index is -0.865. The standard InChI is InChI=1S/C13H13BrN2O3S/c1-8-6-16(13(15-8)20-7-12(17)18)9-3-4-10(14)11(5-9)19-2/h3-6H,7H2,1-2H3,(H,17,18). The number of carboxylic acid groups (broad SMARTS) is 1. The summed E-state index contributed by atoms with van der Waals surface area (Å²) in [7, 11) is 1.60. The van der Waals surface area contributed by atoms with Crippen LogP contribution in [-0.4, -0.2) is 33.5 Å². The van der Waals surface area contributed by atoms with Gasteiger partial charge in [-0.2, -0.15) is 0 Å². The van der Waals surface area contributed by atoms with E-state index in [2.05, 4.69) is 20.9 Å². The molecule has 0 unspecified atom stereocenters. The molecule has 0 spiro atoms. The molecule has 0 aliphatic heterocycles. The van der Waals surface area contributed by atoms with Crippen molar-refractivity contribution in [1.82, 2.24) is 9.55 Å². The molecule has 0 saturated heterocycles. The number of aryl methyl sites for hydroxylation is 1. The molecule has 0 radical (unpaired) electrons. The number of ether oxygens (including phenoxy) is 1. The van der Waals surface area contributed by atoms with E-state index in [1.807, 2.05) is 35.9 Å². The van der Waals surface area contributed by atoms with E-state index in [1.165, 1.54) is 11.8 Å². The molecular formula is C13H13BrN2O3S. The fourth-order valence-electron chi connectivity index (χ4n) is 1.69. The van der Waals surface area contributed by atoms with Gasteiger partial charge >= 0.3 is 5.97 Å². The Kier molecular flexibility index (Phi) is 4.72. The summed E-state index contributed by atoms with van der Waals surface area (Å²) in [5.74, 6) is -0.178. The van der Waals surface area contributed by atoms with Crippen molar-refractivity contribution in [2.24, 2.45) is 0 Å². The second-order valence-corrected chi connectivity index (χ2v) is 5.83. The summed E-state index contributed by atoms with van der Waals surface area (Å²) in [5, 5.41) is 9.43. The average Bonchev–Trinajstić information content (AvgIpc) is 2.78. The molecule has 20 heavy (non-hydrogen) atoms. The second kappa shape index (κ2) is 6.32. The fraction of sp³-hybridized carbons (Fsp3) is 0.231. The molecule has 1 N–H and O–H groups in total. The van der Waals surface area contributed by atoms with Crippen LogP contribution in [0.5, 0.6) is 5.75 Å². The molecule has 1 heterocycles. The van der Waals surface area contributed by atoms with Gasteiger partial charge in [-0.25, -0.2) is 4.98 Å². The minimum absolute atomic E-state index is 0.0237. The highest BCUT2D eigenvalue weighted by Gasteiger charge is 2.11. The van der Waals surface area contributed by atoms with Gasteiger partial charge < -0.3 is 9.84 Å². The van der Waals surface area contributed by atoms with Gasteiger partial charge in [-0.15, -0.1) is 0 Å². The highest BCUT2D eigenvalue weighted by Crippen LogP contribution is 2.29. The second-order valence-electron chi connectivity index (χ2n) is 4.04. The molecule has 0 saturated carbocycles. The topological polar surface area (TPSA) is 64.4 Å². The number of carboxylic acids is 1. The summed E-state index contributed by atoms with van der Waals surface area (Å²) in [4.78, 5) is 15.0. The lowest BCUT2D eigenvalue weighted by molar-refractivity contribution is -0.133. The van der Waals surface area contributed by atoms with Gasteiger partial charge in [0.15, 0.2) is 5.16 Å². The highest BCUT2D eigenvalue weighted by molar-refractivity contribution is 9.10. The minimum Gasteiger partial charge on any atom is -0.495 e. The van der Waals surface area contributed by atoms with Gasteiger partial charge in [0.05, 0.1) is 28.7 Å². The van der Waals surface area contributed by atoms with Gasteiger partial charge in [-0.3, -0.25) is 9.36 Å². The maximum atomic E-state index is 10.7. The summed E-state index contributed by atoms with van der Waals surface area (Å²) in [6.45, 7) is 1.87. The van der Waals surface area contributed by atoms with Gasteiger partial charge in [0.25, 0.3) is 0 Å². The molecule has 5 nitrogen and oxygen atoms in total. The summed E-state index contributed by atoms with van der Waals surface area (Å²) in [6, 6.07) is 5.67. The third-order valence-electron chi connectivity index (χ3n) is 2.53. The summed E-state index contributed by atoms with van der Waals surface area (Å²) >= 11 is 4.59. The average molecular weight is 357 g/mol. The quantitative estimate of drug-likeness (QED) is 0.833. The number of rotatable bonds is 5.